The lowest BCUT2D eigenvalue weighted by Gasteiger charge is -2.10. The number of halogens is 1. The number of carbonyl (C=O) groups excluding carboxylic acids is 1. The summed E-state index contributed by atoms with van der Waals surface area (Å²) < 4.78 is 27.2. The molecule has 1 aromatic heterocycles. The highest BCUT2D eigenvalue weighted by molar-refractivity contribution is 7.89. The number of Topliss-reactive ketones (excluding diaryl/α,β-unsaturated/α-hetero) is 1. The maximum atomic E-state index is 12.4. The minimum absolute atomic E-state index is 0.00874. The second kappa shape index (κ2) is 7.00. The van der Waals surface area contributed by atoms with E-state index < -0.39 is 21.2 Å². The van der Waals surface area contributed by atoms with E-state index in [9.17, 15) is 13.2 Å². The predicted octanol–water partition coefficient (Wildman–Crippen LogP) is 2.37. The van der Waals surface area contributed by atoms with Gasteiger partial charge in [0.25, 0.3) is 10.0 Å². The molecule has 0 amide bonds. The number of sulfonamides is 1. The Balaban J connectivity index is 2.28. The van der Waals surface area contributed by atoms with Crippen LogP contribution in [-0.2, 0) is 16.6 Å². The molecule has 1 aromatic carbocycles. The van der Waals surface area contributed by atoms with Crippen molar-refractivity contribution >= 4 is 27.4 Å². The van der Waals surface area contributed by atoms with Crippen LogP contribution in [0.4, 0.5) is 0 Å². The molecule has 0 saturated carbocycles. The van der Waals surface area contributed by atoms with Gasteiger partial charge in [-0.3, -0.25) is 4.79 Å². The van der Waals surface area contributed by atoms with Crippen LogP contribution >= 0.6 is 11.6 Å². The molecule has 2 aromatic rings. The average Bonchev–Trinajstić information content (AvgIpc) is 2.53. The lowest BCUT2D eigenvalue weighted by molar-refractivity contribution is 0.0988. The van der Waals surface area contributed by atoms with Crippen molar-refractivity contribution in [2.75, 3.05) is 0 Å². The Morgan fingerprint density at radius 1 is 1.23 bits per heavy atom. The van der Waals surface area contributed by atoms with Crippen LogP contribution in [-0.4, -0.2) is 24.6 Å². The van der Waals surface area contributed by atoms with Gasteiger partial charge in [-0.15, -0.1) is 11.6 Å². The van der Waals surface area contributed by atoms with Gasteiger partial charge in [-0.05, 0) is 24.6 Å². The summed E-state index contributed by atoms with van der Waals surface area (Å²) in [5, 5.41) is -1.13. The molecule has 1 heterocycles. The molecule has 1 unspecified atom stereocenters. The maximum Gasteiger partial charge on any atom is 0.259 e. The highest BCUT2D eigenvalue weighted by atomic mass is 35.5. The highest BCUT2D eigenvalue weighted by Gasteiger charge is 2.25. The third kappa shape index (κ3) is 3.91. The van der Waals surface area contributed by atoms with Gasteiger partial charge >= 0.3 is 0 Å². The summed E-state index contributed by atoms with van der Waals surface area (Å²) in [4.78, 5) is 15.9. The molecule has 0 saturated heterocycles. The van der Waals surface area contributed by atoms with Crippen LogP contribution in [0.5, 0.6) is 0 Å². The number of hydrogen-bond donors (Lipinski definition) is 1. The molecule has 1 atom stereocenters. The first-order chi connectivity index (χ1) is 10.4. The van der Waals surface area contributed by atoms with Crippen LogP contribution in [0.1, 0.15) is 22.8 Å². The highest BCUT2D eigenvalue weighted by Crippen LogP contribution is 2.16. The number of ketones is 1. The van der Waals surface area contributed by atoms with Crippen molar-refractivity contribution in [3.8, 4) is 0 Å². The molecule has 7 heteroatoms. The fraction of sp³-hybridized carbons (Fsp3) is 0.200. The molecule has 0 bridgehead atoms. The molecule has 0 fully saturated rings. The Hall–Kier alpha value is -1.76. The van der Waals surface area contributed by atoms with Crippen LogP contribution in [0, 0.1) is 0 Å². The Kier molecular flexibility index (Phi) is 5.28. The minimum Gasteiger partial charge on any atom is -0.292 e. The average molecular weight is 339 g/mol. The van der Waals surface area contributed by atoms with Gasteiger partial charge in [0, 0.05) is 12.7 Å². The minimum atomic E-state index is -3.91. The van der Waals surface area contributed by atoms with E-state index in [1.54, 1.807) is 12.1 Å². The summed E-state index contributed by atoms with van der Waals surface area (Å²) in [6.45, 7) is 1.61. The van der Waals surface area contributed by atoms with Crippen molar-refractivity contribution < 1.29 is 13.2 Å². The third-order valence-electron chi connectivity index (χ3n) is 2.96. The first-order valence-electron chi connectivity index (χ1n) is 6.58. The Morgan fingerprint density at radius 3 is 2.55 bits per heavy atom. The SMILES string of the molecule is CC(Cl)C(=O)c1cccnc1S(=O)(=O)NCc1ccccc1. The van der Waals surface area contributed by atoms with E-state index >= 15 is 0 Å². The van der Waals surface area contributed by atoms with Crippen molar-refractivity contribution in [1.82, 2.24) is 9.71 Å². The van der Waals surface area contributed by atoms with Crippen molar-refractivity contribution in [1.29, 1.82) is 0 Å². The van der Waals surface area contributed by atoms with E-state index in [1.165, 1.54) is 25.3 Å². The van der Waals surface area contributed by atoms with Gasteiger partial charge in [0.05, 0.1) is 10.9 Å². The molecule has 2 rings (SSSR count). The molecular formula is C15H15ClN2O3S. The van der Waals surface area contributed by atoms with Gasteiger partial charge in [-0.25, -0.2) is 18.1 Å². The number of aromatic nitrogens is 1. The molecular weight excluding hydrogens is 324 g/mol. The van der Waals surface area contributed by atoms with Gasteiger partial charge in [-0.2, -0.15) is 0 Å². The van der Waals surface area contributed by atoms with E-state index in [2.05, 4.69) is 9.71 Å². The molecule has 0 aliphatic rings. The maximum absolute atomic E-state index is 12.4. The molecule has 1 N–H and O–H groups in total. The zero-order valence-electron chi connectivity index (χ0n) is 11.9. The molecule has 5 nitrogen and oxygen atoms in total. The van der Waals surface area contributed by atoms with Crippen molar-refractivity contribution in [2.24, 2.45) is 0 Å². The van der Waals surface area contributed by atoms with Crippen molar-refractivity contribution in [3.05, 3.63) is 59.8 Å². The number of pyridine rings is 1. The molecule has 22 heavy (non-hydrogen) atoms. The predicted molar refractivity (Wildman–Crippen MR) is 84.4 cm³/mol. The summed E-state index contributed by atoms with van der Waals surface area (Å²) in [6.07, 6.45) is 1.33. The summed E-state index contributed by atoms with van der Waals surface area (Å²) >= 11 is 5.77. The van der Waals surface area contributed by atoms with Crippen LogP contribution < -0.4 is 4.72 Å². The molecule has 0 aliphatic carbocycles. The third-order valence-corrected chi connectivity index (χ3v) is 4.52. The van der Waals surface area contributed by atoms with E-state index in [-0.39, 0.29) is 17.1 Å². The zero-order valence-corrected chi connectivity index (χ0v) is 13.4. The lowest BCUT2D eigenvalue weighted by Crippen LogP contribution is -2.27. The molecule has 0 radical (unpaired) electrons. The quantitative estimate of drug-likeness (QED) is 0.648. The van der Waals surface area contributed by atoms with Gasteiger partial charge in [0.1, 0.15) is 0 Å². The monoisotopic (exact) mass is 338 g/mol. The largest absolute Gasteiger partial charge is 0.292 e. The fourth-order valence-electron chi connectivity index (χ4n) is 1.85. The Labute approximate surface area is 134 Å². The van der Waals surface area contributed by atoms with Gasteiger partial charge < -0.3 is 0 Å². The number of hydrogen-bond acceptors (Lipinski definition) is 4. The number of alkyl halides is 1. The number of nitrogens with zero attached hydrogens (tertiary/aromatic N) is 1. The number of nitrogens with one attached hydrogen (secondary N) is 1. The van der Waals surface area contributed by atoms with E-state index in [0.29, 0.717) is 0 Å². The van der Waals surface area contributed by atoms with Gasteiger partial charge in [-0.1, -0.05) is 30.3 Å². The van der Waals surface area contributed by atoms with Crippen LogP contribution in [0.25, 0.3) is 0 Å². The number of benzene rings is 1. The number of carbonyl (C=O) groups is 1. The summed E-state index contributed by atoms with van der Waals surface area (Å²) in [7, 11) is -3.91. The fourth-order valence-corrected chi connectivity index (χ4v) is 3.12. The van der Waals surface area contributed by atoms with Crippen LogP contribution in [0.3, 0.4) is 0 Å². The first-order valence-corrected chi connectivity index (χ1v) is 8.50. The van der Waals surface area contributed by atoms with Crippen LogP contribution in [0.15, 0.2) is 53.7 Å². The molecule has 116 valence electrons. The van der Waals surface area contributed by atoms with Crippen molar-refractivity contribution in [3.63, 3.8) is 0 Å². The molecule has 0 spiro atoms. The summed E-state index contributed by atoms with van der Waals surface area (Å²) in [6, 6.07) is 12.0. The topological polar surface area (TPSA) is 76.1 Å². The lowest BCUT2D eigenvalue weighted by atomic mass is 10.1. The summed E-state index contributed by atoms with van der Waals surface area (Å²) in [5.41, 5.74) is 0.797. The second-order valence-corrected chi connectivity index (χ2v) is 6.98. The van der Waals surface area contributed by atoms with E-state index in [4.69, 9.17) is 11.6 Å². The number of rotatable bonds is 6. The first kappa shape index (κ1) is 16.6. The Bertz CT molecular complexity index is 761. The second-order valence-electron chi connectivity index (χ2n) is 4.65. The normalized spacial score (nSPS) is 12.8. The smallest absolute Gasteiger partial charge is 0.259 e. The van der Waals surface area contributed by atoms with Gasteiger partial charge in [0.2, 0.25) is 0 Å². The molecule has 0 aliphatic heterocycles. The van der Waals surface area contributed by atoms with E-state index in [0.717, 1.165) is 5.56 Å². The van der Waals surface area contributed by atoms with E-state index in [1.807, 2.05) is 18.2 Å². The van der Waals surface area contributed by atoms with Crippen molar-refractivity contribution in [2.45, 2.75) is 23.9 Å². The van der Waals surface area contributed by atoms with Crippen LogP contribution in [0.2, 0.25) is 0 Å². The van der Waals surface area contributed by atoms with Gasteiger partial charge in [0.15, 0.2) is 10.8 Å². The standard InChI is InChI=1S/C15H15ClN2O3S/c1-11(16)14(19)13-8-5-9-17-15(13)22(20,21)18-10-12-6-3-2-4-7-12/h2-9,11,18H,10H2,1H3. The Morgan fingerprint density at radius 2 is 1.91 bits per heavy atom. The zero-order chi connectivity index (χ0) is 16.2. The summed E-state index contributed by atoms with van der Waals surface area (Å²) in [5.74, 6) is -0.477.